The number of carbonyl (C=O) groups is 1. The maximum atomic E-state index is 11.5. The molecule has 0 spiro atoms. The number of ether oxygens (including phenoxy) is 2. The van der Waals surface area contributed by atoms with Gasteiger partial charge in [0, 0.05) is 30.8 Å². The van der Waals surface area contributed by atoms with E-state index < -0.39 is 31.3 Å². The van der Waals surface area contributed by atoms with Gasteiger partial charge in [-0.15, -0.1) is 0 Å². The van der Waals surface area contributed by atoms with Crippen molar-refractivity contribution in [3.8, 4) is 11.8 Å². The van der Waals surface area contributed by atoms with Crippen molar-refractivity contribution >= 4 is 5.91 Å². The molecule has 1 heterocycles. The molecule has 2 aromatic rings. The van der Waals surface area contributed by atoms with E-state index in [0.29, 0.717) is 5.56 Å². The highest BCUT2D eigenvalue weighted by molar-refractivity contribution is 5.79. The standard InChI is InChI=1S/C24H28N2O6/c27-16-22(32-23(17-28)24(29)25-30)21-9-7-19(8-10-21)2-1-18-3-5-20(6-4-18)15-26-11-13-31-14-12-26/h3-10,22-23,27-28,30H,11-17H2,(H,25,29)/t22-,23-/m0/s1. The van der Waals surface area contributed by atoms with Gasteiger partial charge in [0.15, 0.2) is 6.10 Å². The van der Waals surface area contributed by atoms with Crippen molar-refractivity contribution < 1.29 is 29.7 Å². The average molecular weight is 440 g/mol. The predicted octanol–water partition coefficient (Wildman–Crippen LogP) is 0.835. The Kier molecular flexibility index (Phi) is 9.19. The van der Waals surface area contributed by atoms with E-state index in [4.69, 9.17) is 14.7 Å². The zero-order chi connectivity index (χ0) is 22.8. The summed E-state index contributed by atoms with van der Waals surface area (Å²) in [7, 11) is 0. The monoisotopic (exact) mass is 440 g/mol. The van der Waals surface area contributed by atoms with Gasteiger partial charge in [-0.05, 0) is 35.4 Å². The normalized spacial score (nSPS) is 16.0. The molecule has 4 N–H and O–H groups in total. The molecule has 0 aromatic heterocycles. The van der Waals surface area contributed by atoms with E-state index in [1.807, 2.05) is 12.1 Å². The molecule has 2 aromatic carbocycles. The lowest BCUT2D eigenvalue weighted by molar-refractivity contribution is -0.150. The van der Waals surface area contributed by atoms with Crippen LogP contribution < -0.4 is 5.48 Å². The van der Waals surface area contributed by atoms with Gasteiger partial charge in [-0.2, -0.15) is 0 Å². The molecule has 0 aliphatic carbocycles. The lowest BCUT2D eigenvalue weighted by Gasteiger charge is -2.26. The molecular weight excluding hydrogens is 412 g/mol. The number of nitrogens with zero attached hydrogens (tertiary/aromatic N) is 1. The number of morpholine rings is 1. The Labute approximate surface area is 187 Å². The van der Waals surface area contributed by atoms with Crippen LogP contribution in [0.4, 0.5) is 0 Å². The van der Waals surface area contributed by atoms with Crippen LogP contribution in [0.3, 0.4) is 0 Å². The van der Waals surface area contributed by atoms with Crippen LogP contribution in [0.1, 0.15) is 28.4 Å². The second-order valence-electron chi connectivity index (χ2n) is 7.41. The van der Waals surface area contributed by atoms with E-state index in [2.05, 4.69) is 28.9 Å². The third kappa shape index (κ3) is 6.87. The van der Waals surface area contributed by atoms with Crippen LogP contribution >= 0.6 is 0 Å². The Morgan fingerprint density at radius 2 is 1.59 bits per heavy atom. The van der Waals surface area contributed by atoms with Crippen molar-refractivity contribution in [2.75, 3.05) is 39.5 Å². The topological polar surface area (TPSA) is 111 Å². The van der Waals surface area contributed by atoms with Gasteiger partial charge in [0.2, 0.25) is 0 Å². The van der Waals surface area contributed by atoms with Crippen molar-refractivity contribution in [1.29, 1.82) is 0 Å². The number of hydroxylamine groups is 1. The second kappa shape index (κ2) is 12.3. The Balaban J connectivity index is 1.60. The summed E-state index contributed by atoms with van der Waals surface area (Å²) in [5, 5.41) is 27.5. The molecule has 0 unspecified atom stereocenters. The first-order valence-corrected chi connectivity index (χ1v) is 10.4. The van der Waals surface area contributed by atoms with E-state index in [1.165, 1.54) is 11.0 Å². The maximum absolute atomic E-state index is 11.5. The molecule has 8 heteroatoms. The van der Waals surface area contributed by atoms with E-state index >= 15 is 0 Å². The quantitative estimate of drug-likeness (QED) is 0.273. The van der Waals surface area contributed by atoms with Crippen molar-refractivity contribution in [1.82, 2.24) is 10.4 Å². The number of carbonyl (C=O) groups excluding carboxylic acids is 1. The molecule has 2 atom stereocenters. The Morgan fingerprint density at radius 1 is 1.00 bits per heavy atom. The minimum atomic E-state index is -1.29. The highest BCUT2D eigenvalue weighted by Crippen LogP contribution is 2.19. The van der Waals surface area contributed by atoms with Crippen LogP contribution in [0.15, 0.2) is 48.5 Å². The minimum absolute atomic E-state index is 0.392. The summed E-state index contributed by atoms with van der Waals surface area (Å²) in [5.74, 6) is 5.36. The Hall–Kier alpha value is -2.77. The first-order chi connectivity index (χ1) is 15.6. The Bertz CT molecular complexity index is 914. The molecule has 1 aliphatic rings. The fraction of sp³-hybridized carbons (Fsp3) is 0.375. The lowest BCUT2D eigenvalue weighted by atomic mass is 10.1. The van der Waals surface area contributed by atoms with Crippen LogP contribution in [0.5, 0.6) is 0 Å². The molecule has 1 amide bonds. The SMILES string of the molecule is O=C(NO)[C@H](CO)O[C@@H](CO)c1ccc(C#Cc2ccc(CN3CCOCC3)cc2)cc1. The molecule has 1 saturated heterocycles. The Morgan fingerprint density at radius 3 is 2.12 bits per heavy atom. The molecule has 1 aliphatic heterocycles. The van der Waals surface area contributed by atoms with Gasteiger partial charge in [-0.3, -0.25) is 14.9 Å². The summed E-state index contributed by atoms with van der Waals surface area (Å²) in [5.41, 5.74) is 5.00. The minimum Gasteiger partial charge on any atom is -0.393 e. The zero-order valence-corrected chi connectivity index (χ0v) is 17.7. The average Bonchev–Trinajstić information content (AvgIpc) is 2.85. The largest absolute Gasteiger partial charge is 0.393 e. The summed E-state index contributed by atoms with van der Waals surface area (Å²) in [4.78, 5) is 13.8. The number of aliphatic hydroxyl groups excluding tert-OH is 2. The molecule has 8 nitrogen and oxygen atoms in total. The lowest BCUT2D eigenvalue weighted by Crippen LogP contribution is -2.38. The number of hydrogen-bond acceptors (Lipinski definition) is 7. The molecule has 1 fully saturated rings. The van der Waals surface area contributed by atoms with Gasteiger partial charge in [0.1, 0.15) is 6.10 Å². The first-order valence-electron chi connectivity index (χ1n) is 10.4. The number of hydrogen-bond donors (Lipinski definition) is 4. The highest BCUT2D eigenvalue weighted by Gasteiger charge is 2.23. The predicted molar refractivity (Wildman–Crippen MR) is 117 cm³/mol. The molecule has 0 saturated carbocycles. The summed E-state index contributed by atoms with van der Waals surface area (Å²) in [6, 6.07) is 15.3. The summed E-state index contributed by atoms with van der Waals surface area (Å²) >= 11 is 0. The molecular formula is C24H28N2O6. The summed E-state index contributed by atoms with van der Waals surface area (Å²) in [6.07, 6.45) is -2.12. The number of aliphatic hydroxyl groups is 2. The van der Waals surface area contributed by atoms with Gasteiger partial charge >= 0.3 is 0 Å². The number of nitrogens with one attached hydrogen (secondary N) is 1. The van der Waals surface area contributed by atoms with Gasteiger partial charge < -0.3 is 19.7 Å². The number of amides is 1. The molecule has 32 heavy (non-hydrogen) atoms. The fourth-order valence-electron chi connectivity index (χ4n) is 3.32. The molecule has 170 valence electrons. The number of rotatable bonds is 8. The third-order valence-corrected chi connectivity index (χ3v) is 5.16. The van der Waals surface area contributed by atoms with Gasteiger partial charge in [-0.25, -0.2) is 5.48 Å². The van der Waals surface area contributed by atoms with Crippen LogP contribution in [-0.2, 0) is 20.8 Å². The highest BCUT2D eigenvalue weighted by atomic mass is 16.5. The van der Waals surface area contributed by atoms with Gasteiger partial charge in [-0.1, -0.05) is 36.1 Å². The van der Waals surface area contributed by atoms with E-state index in [1.54, 1.807) is 24.3 Å². The smallest absolute Gasteiger partial charge is 0.274 e. The van der Waals surface area contributed by atoms with Crippen LogP contribution in [0.25, 0.3) is 0 Å². The van der Waals surface area contributed by atoms with Crippen LogP contribution in [0, 0.1) is 11.8 Å². The summed E-state index contributed by atoms with van der Waals surface area (Å²) < 4.78 is 10.8. The zero-order valence-electron chi connectivity index (χ0n) is 17.7. The number of benzene rings is 2. The maximum Gasteiger partial charge on any atom is 0.274 e. The van der Waals surface area contributed by atoms with E-state index in [0.717, 1.165) is 44.0 Å². The molecule has 0 bridgehead atoms. The molecule has 3 rings (SSSR count). The van der Waals surface area contributed by atoms with Gasteiger partial charge in [0.05, 0.1) is 26.4 Å². The fourth-order valence-corrected chi connectivity index (χ4v) is 3.32. The van der Waals surface area contributed by atoms with Gasteiger partial charge in [0.25, 0.3) is 5.91 Å². The summed E-state index contributed by atoms with van der Waals surface area (Å²) in [6.45, 7) is 3.36. The van der Waals surface area contributed by atoms with Crippen LogP contribution in [-0.4, -0.2) is 71.8 Å². The molecule has 0 radical (unpaired) electrons. The second-order valence-corrected chi connectivity index (χ2v) is 7.41. The van der Waals surface area contributed by atoms with E-state index in [-0.39, 0.29) is 0 Å². The van der Waals surface area contributed by atoms with Crippen molar-refractivity contribution in [3.63, 3.8) is 0 Å². The van der Waals surface area contributed by atoms with Crippen molar-refractivity contribution in [3.05, 3.63) is 70.8 Å². The van der Waals surface area contributed by atoms with E-state index in [9.17, 15) is 15.0 Å². The van der Waals surface area contributed by atoms with Crippen LogP contribution in [0.2, 0.25) is 0 Å². The van der Waals surface area contributed by atoms with Crippen molar-refractivity contribution in [2.45, 2.75) is 18.8 Å². The first kappa shape index (κ1) is 23.9. The van der Waals surface area contributed by atoms with Crippen molar-refractivity contribution in [2.24, 2.45) is 0 Å². The third-order valence-electron chi connectivity index (χ3n) is 5.16.